The molecule has 34 heavy (non-hydrogen) atoms. The molecule has 1 heterocycles. The first-order valence-electron chi connectivity index (χ1n) is 10.5. The van der Waals surface area contributed by atoms with Gasteiger partial charge in [-0.05, 0) is 49.7 Å². The van der Waals surface area contributed by atoms with Crippen molar-refractivity contribution in [3.63, 3.8) is 0 Å². The Morgan fingerprint density at radius 1 is 0.853 bits per heavy atom. The highest BCUT2D eigenvalue weighted by Crippen LogP contribution is 2.16. The second-order valence-electron chi connectivity index (χ2n) is 7.43. The van der Waals surface area contributed by atoms with Gasteiger partial charge in [-0.2, -0.15) is 0 Å². The molecule has 0 saturated heterocycles. The minimum atomic E-state index is -0.684. The summed E-state index contributed by atoms with van der Waals surface area (Å²) in [5.74, 6) is -1.12. The average Bonchev–Trinajstić information content (AvgIpc) is 3.22. The first-order chi connectivity index (χ1) is 16.3. The van der Waals surface area contributed by atoms with E-state index in [0.29, 0.717) is 22.7 Å². The number of hydrogen-bond donors (Lipinski definition) is 3. The van der Waals surface area contributed by atoms with Gasteiger partial charge < -0.3 is 25.2 Å². The molecule has 3 N–H and O–H groups in total. The largest absolute Gasteiger partial charge is 0.456 e. The van der Waals surface area contributed by atoms with Crippen LogP contribution in [-0.2, 0) is 19.1 Å². The Bertz CT molecular complexity index is 1190. The minimum absolute atomic E-state index is 0.116. The van der Waals surface area contributed by atoms with E-state index < -0.39 is 24.4 Å². The zero-order valence-electron chi connectivity index (χ0n) is 18.7. The fraction of sp³-hybridized carbons (Fsp3) is 0.208. The standard InChI is InChI=1S/C24H24N4O6/c1-15-5-3-4-6-19(15)24(32)26-18-9-7-17(8-10-18)25-21(29)11-12-23(31)33-14-22(30)27-20-13-16(2)34-28-20/h3-10,13H,11-12,14H2,1-2H3,(H,25,29)(H,26,32)(H,27,28,30). The van der Waals surface area contributed by atoms with Gasteiger partial charge in [-0.1, -0.05) is 23.4 Å². The van der Waals surface area contributed by atoms with Crippen LogP contribution < -0.4 is 16.0 Å². The van der Waals surface area contributed by atoms with Gasteiger partial charge in [0.05, 0.1) is 6.42 Å². The first-order valence-corrected chi connectivity index (χ1v) is 10.5. The molecule has 10 nitrogen and oxygen atoms in total. The third kappa shape index (κ3) is 7.30. The number of carbonyl (C=O) groups is 4. The summed E-state index contributed by atoms with van der Waals surface area (Å²) < 4.78 is 9.67. The van der Waals surface area contributed by atoms with Gasteiger partial charge in [0.25, 0.3) is 11.8 Å². The molecule has 0 aliphatic rings. The molecule has 0 saturated carbocycles. The molecular formula is C24H24N4O6. The highest BCUT2D eigenvalue weighted by molar-refractivity contribution is 6.05. The summed E-state index contributed by atoms with van der Waals surface area (Å²) in [6, 6.07) is 15.4. The van der Waals surface area contributed by atoms with E-state index in [-0.39, 0.29) is 24.6 Å². The number of nitrogens with one attached hydrogen (secondary N) is 3. The summed E-state index contributed by atoms with van der Waals surface area (Å²) in [5, 5.41) is 11.5. The number of ether oxygens (including phenoxy) is 1. The zero-order chi connectivity index (χ0) is 24.5. The molecular weight excluding hydrogens is 440 g/mol. The van der Waals surface area contributed by atoms with Crippen molar-refractivity contribution in [1.29, 1.82) is 0 Å². The first kappa shape index (κ1) is 24.2. The van der Waals surface area contributed by atoms with Gasteiger partial charge in [-0.15, -0.1) is 0 Å². The highest BCUT2D eigenvalue weighted by atomic mass is 16.5. The number of esters is 1. The maximum Gasteiger partial charge on any atom is 0.306 e. The average molecular weight is 464 g/mol. The van der Waals surface area contributed by atoms with Crippen LogP contribution in [0.5, 0.6) is 0 Å². The van der Waals surface area contributed by atoms with Crippen LogP contribution in [0, 0.1) is 13.8 Å². The summed E-state index contributed by atoms with van der Waals surface area (Å²) in [6.45, 7) is 3.03. The van der Waals surface area contributed by atoms with E-state index in [2.05, 4.69) is 21.1 Å². The Morgan fingerprint density at radius 2 is 1.53 bits per heavy atom. The third-order valence-corrected chi connectivity index (χ3v) is 4.63. The van der Waals surface area contributed by atoms with Gasteiger partial charge in [0.15, 0.2) is 12.4 Å². The van der Waals surface area contributed by atoms with Gasteiger partial charge in [0.2, 0.25) is 5.91 Å². The third-order valence-electron chi connectivity index (χ3n) is 4.63. The van der Waals surface area contributed by atoms with Crippen molar-refractivity contribution in [2.45, 2.75) is 26.7 Å². The SMILES string of the molecule is Cc1cc(NC(=O)COC(=O)CCC(=O)Nc2ccc(NC(=O)c3ccccc3C)cc2)no1. The predicted molar refractivity (Wildman–Crippen MR) is 124 cm³/mol. The lowest BCUT2D eigenvalue weighted by Crippen LogP contribution is -2.22. The summed E-state index contributed by atoms with van der Waals surface area (Å²) in [5.41, 5.74) is 2.54. The molecule has 10 heteroatoms. The second kappa shape index (κ2) is 11.4. The molecule has 0 aliphatic carbocycles. The van der Waals surface area contributed by atoms with E-state index in [1.807, 2.05) is 19.1 Å². The molecule has 0 bridgehead atoms. The van der Waals surface area contributed by atoms with Crippen LogP contribution in [0.15, 0.2) is 59.1 Å². The van der Waals surface area contributed by atoms with E-state index in [1.54, 1.807) is 43.3 Å². The number of carbonyl (C=O) groups excluding carboxylic acids is 4. The predicted octanol–water partition coefficient (Wildman–Crippen LogP) is 3.44. The van der Waals surface area contributed by atoms with Crippen LogP contribution in [0.25, 0.3) is 0 Å². The monoisotopic (exact) mass is 464 g/mol. The smallest absolute Gasteiger partial charge is 0.306 e. The van der Waals surface area contributed by atoms with Gasteiger partial charge in [-0.3, -0.25) is 19.2 Å². The Kier molecular flexibility index (Phi) is 8.11. The zero-order valence-corrected chi connectivity index (χ0v) is 18.7. The van der Waals surface area contributed by atoms with Crippen molar-refractivity contribution in [3.8, 4) is 0 Å². The molecule has 3 aromatic rings. The van der Waals surface area contributed by atoms with E-state index in [1.165, 1.54) is 6.07 Å². The van der Waals surface area contributed by atoms with Crippen molar-refractivity contribution in [2.75, 3.05) is 22.6 Å². The lowest BCUT2D eigenvalue weighted by Gasteiger charge is -2.09. The van der Waals surface area contributed by atoms with Crippen LogP contribution in [0.3, 0.4) is 0 Å². The van der Waals surface area contributed by atoms with Crippen molar-refractivity contribution < 1.29 is 28.4 Å². The molecule has 1 aromatic heterocycles. The van der Waals surface area contributed by atoms with Crippen molar-refractivity contribution >= 4 is 40.9 Å². The summed E-state index contributed by atoms with van der Waals surface area (Å²) >= 11 is 0. The van der Waals surface area contributed by atoms with E-state index in [4.69, 9.17) is 9.26 Å². The Morgan fingerprint density at radius 3 is 2.18 bits per heavy atom. The quantitative estimate of drug-likeness (QED) is 0.412. The number of aromatic nitrogens is 1. The van der Waals surface area contributed by atoms with Crippen LogP contribution in [0.1, 0.15) is 34.5 Å². The van der Waals surface area contributed by atoms with Gasteiger partial charge in [-0.25, -0.2) is 0 Å². The number of benzene rings is 2. The summed E-state index contributed by atoms with van der Waals surface area (Å²) in [6.07, 6.45) is -0.304. The number of rotatable bonds is 9. The fourth-order valence-electron chi connectivity index (χ4n) is 2.92. The number of nitrogens with zero attached hydrogens (tertiary/aromatic N) is 1. The topological polar surface area (TPSA) is 140 Å². The Labute approximate surface area is 195 Å². The maximum absolute atomic E-state index is 12.4. The van der Waals surface area contributed by atoms with Gasteiger partial charge in [0, 0.05) is 29.4 Å². The minimum Gasteiger partial charge on any atom is -0.456 e. The molecule has 3 amide bonds. The molecule has 176 valence electrons. The Balaban J connectivity index is 1.38. The van der Waals surface area contributed by atoms with Crippen LogP contribution in [-0.4, -0.2) is 35.5 Å². The molecule has 0 unspecified atom stereocenters. The number of aryl methyl sites for hydroxylation is 2. The van der Waals surface area contributed by atoms with Gasteiger partial charge in [0.1, 0.15) is 5.76 Å². The molecule has 0 aliphatic heterocycles. The van der Waals surface area contributed by atoms with Gasteiger partial charge >= 0.3 is 5.97 Å². The lowest BCUT2D eigenvalue weighted by atomic mass is 10.1. The van der Waals surface area contributed by atoms with Crippen LogP contribution in [0.2, 0.25) is 0 Å². The number of anilines is 3. The second-order valence-corrected chi connectivity index (χ2v) is 7.43. The summed E-state index contributed by atoms with van der Waals surface area (Å²) in [7, 11) is 0. The lowest BCUT2D eigenvalue weighted by molar-refractivity contribution is -0.147. The van der Waals surface area contributed by atoms with E-state index in [0.717, 1.165) is 5.56 Å². The number of hydrogen-bond acceptors (Lipinski definition) is 7. The Hall–Kier alpha value is -4.47. The normalized spacial score (nSPS) is 10.3. The molecule has 3 rings (SSSR count). The van der Waals surface area contributed by atoms with E-state index in [9.17, 15) is 19.2 Å². The number of amides is 3. The van der Waals surface area contributed by atoms with Crippen LogP contribution in [0.4, 0.5) is 17.2 Å². The molecule has 0 spiro atoms. The summed E-state index contributed by atoms with van der Waals surface area (Å²) in [4.78, 5) is 48.0. The fourth-order valence-corrected chi connectivity index (χ4v) is 2.92. The molecule has 2 aromatic carbocycles. The molecule has 0 atom stereocenters. The van der Waals surface area contributed by atoms with Crippen molar-refractivity contribution in [1.82, 2.24) is 5.16 Å². The van der Waals surface area contributed by atoms with E-state index >= 15 is 0 Å². The highest BCUT2D eigenvalue weighted by Gasteiger charge is 2.13. The maximum atomic E-state index is 12.4. The van der Waals surface area contributed by atoms with Crippen molar-refractivity contribution in [3.05, 3.63) is 71.5 Å². The molecule has 0 fully saturated rings. The molecule has 0 radical (unpaired) electrons. The van der Waals surface area contributed by atoms with Crippen LogP contribution >= 0.6 is 0 Å². The van der Waals surface area contributed by atoms with Crippen molar-refractivity contribution in [2.24, 2.45) is 0 Å².